The molecular formula is C61H99N11O17S. The van der Waals surface area contributed by atoms with Crippen LogP contribution in [0.1, 0.15) is 170 Å². The number of aliphatic hydroxyl groups excluding tert-OH is 2. The van der Waals surface area contributed by atoms with Crippen LogP contribution in [0.25, 0.3) is 0 Å². The first-order valence-corrected chi connectivity index (χ1v) is 33.3. The molecule has 0 bridgehead atoms. The van der Waals surface area contributed by atoms with Gasteiger partial charge in [-0.1, -0.05) is 66.7 Å². The van der Waals surface area contributed by atoms with Crippen LogP contribution in [-0.4, -0.2) is 199 Å². The summed E-state index contributed by atoms with van der Waals surface area (Å²) in [7, 11) is -3.55. The number of nitrogens with one attached hydrogen (secondary N) is 1. The maximum absolute atomic E-state index is 12.2. The maximum atomic E-state index is 12.2. The highest BCUT2D eigenvalue weighted by molar-refractivity contribution is 7.86. The summed E-state index contributed by atoms with van der Waals surface area (Å²) < 4.78 is 46.4. The molecule has 0 aromatic carbocycles. The van der Waals surface area contributed by atoms with Gasteiger partial charge in [0.1, 0.15) is 18.9 Å². The van der Waals surface area contributed by atoms with Crippen LogP contribution < -0.4 is 5.32 Å². The van der Waals surface area contributed by atoms with Crippen LogP contribution in [0.2, 0.25) is 0 Å². The van der Waals surface area contributed by atoms with E-state index in [1.807, 2.05) is 0 Å². The van der Waals surface area contributed by atoms with Crippen LogP contribution in [0.5, 0.6) is 0 Å². The van der Waals surface area contributed by atoms with E-state index < -0.39 is 46.6 Å². The molecule has 506 valence electrons. The van der Waals surface area contributed by atoms with Gasteiger partial charge in [0.25, 0.3) is 10.1 Å². The van der Waals surface area contributed by atoms with Crippen molar-refractivity contribution in [1.29, 1.82) is 0 Å². The van der Waals surface area contributed by atoms with Gasteiger partial charge >= 0.3 is 17.9 Å². The molecule has 9 unspecified atom stereocenters. The van der Waals surface area contributed by atoms with Crippen molar-refractivity contribution in [1.82, 2.24) is 53.6 Å². The Kier molecular flexibility index (Phi) is 35.4. The van der Waals surface area contributed by atoms with Crippen LogP contribution in [0.4, 0.5) is 0 Å². The summed E-state index contributed by atoms with van der Waals surface area (Å²) in [6, 6.07) is 0. The number of likely N-dealkylation sites (tertiary alicyclic amines) is 4. The van der Waals surface area contributed by atoms with Gasteiger partial charge in [0.15, 0.2) is 0 Å². The SMILES string of the molecule is CCCC1CC(=O)N(C(C(=O)OCC)n2ccnc2)C1.CCCC1CC(=O)N(C(CO)n2ccnc2)C1.CCCC1CC(=O)N(C(COS(C)(=O)=O)n2ccnc2)C1.CCCC1CC(=O)N(C(O)C(=O)OCC)C1.CCCC1CNC(=O)C1.CCOC(=O)C=O. The minimum Gasteiger partial charge on any atom is -0.463 e. The summed E-state index contributed by atoms with van der Waals surface area (Å²) in [5.41, 5.74) is 0. The molecule has 90 heavy (non-hydrogen) atoms. The topological polar surface area (TPSA) is 344 Å². The van der Waals surface area contributed by atoms with Crippen LogP contribution in [0.3, 0.4) is 0 Å². The maximum Gasteiger partial charge on any atom is 0.371 e. The van der Waals surface area contributed by atoms with E-state index in [0.717, 1.165) is 77.1 Å². The van der Waals surface area contributed by atoms with E-state index in [1.54, 1.807) is 105 Å². The molecule has 3 aromatic rings. The van der Waals surface area contributed by atoms with Gasteiger partial charge in [-0.15, -0.1) is 0 Å². The van der Waals surface area contributed by atoms with Crippen molar-refractivity contribution in [3.63, 3.8) is 0 Å². The van der Waals surface area contributed by atoms with Gasteiger partial charge in [-0.05, 0) is 82.5 Å². The highest BCUT2D eigenvalue weighted by atomic mass is 32.2. The fourth-order valence-corrected chi connectivity index (χ4v) is 11.7. The van der Waals surface area contributed by atoms with Crippen molar-refractivity contribution >= 4 is 63.8 Å². The zero-order valence-corrected chi connectivity index (χ0v) is 54.9. The quantitative estimate of drug-likeness (QED) is 0.0303. The molecule has 29 heteroatoms. The molecule has 8 rings (SSSR count). The number of hydrogen-bond donors (Lipinski definition) is 3. The molecule has 0 spiro atoms. The van der Waals surface area contributed by atoms with E-state index in [0.29, 0.717) is 75.6 Å². The summed E-state index contributed by atoms with van der Waals surface area (Å²) in [6.45, 7) is 19.5. The minimum atomic E-state index is -3.55. The van der Waals surface area contributed by atoms with Crippen molar-refractivity contribution < 1.29 is 80.2 Å². The number of esters is 3. The summed E-state index contributed by atoms with van der Waals surface area (Å²) >= 11 is 0. The molecule has 0 saturated carbocycles. The van der Waals surface area contributed by atoms with E-state index in [1.165, 1.54) is 17.7 Å². The number of amides is 5. The number of nitrogens with zero attached hydrogens (tertiary/aromatic N) is 10. The molecule has 0 radical (unpaired) electrons. The Bertz CT molecular complexity index is 2740. The summed E-state index contributed by atoms with van der Waals surface area (Å²) in [6.07, 6.45) is 26.4. The molecule has 5 fully saturated rings. The van der Waals surface area contributed by atoms with E-state index in [9.17, 15) is 61.8 Å². The van der Waals surface area contributed by atoms with Gasteiger partial charge in [0.2, 0.25) is 48.2 Å². The number of hydrogen-bond acceptors (Lipinski definition) is 20. The first-order chi connectivity index (χ1) is 43.1. The van der Waals surface area contributed by atoms with Crippen molar-refractivity contribution in [2.24, 2.45) is 29.6 Å². The second kappa shape index (κ2) is 41.3. The van der Waals surface area contributed by atoms with Crippen LogP contribution in [0.15, 0.2) is 56.2 Å². The zero-order valence-electron chi connectivity index (χ0n) is 54.0. The van der Waals surface area contributed by atoms with Crippen LogP contribution in [0, 0.1) is 29.6 Å². The lowest BCUT2D eigenvalue weighted by atomic mass is 10.0. The van der Waals surface area contributed by atoms with Gasteiger partial charge in [0.05, 0.1) is 51.7 Å². The van der Waals surface area contributed by atoms with Gasteiger partial charge in [-0.25, -0.2) is 29.3 Å². The predicted molar refractivity (Wildman–Crippen MR) is 329 cm³/mol. The zero-order chi connectivity index (χ0) is 66.8. The number of aldehydes is 1. The Morgan fingerprint density at radius 1 is 0.567 bits per heavy atom. The average Bonchev–Trinajstić information content (AvgIpc) is 1.89. The van der Waals surface area contributed by atoms with Crippen molar-refractivity contribution in [3.05, 3.63) is 56.2 Å². The molecule has 5 amide bonds. The number of aromatic nitrogens is 6. The number of imidazole rings is 3. The molecule has 5 saturated heterocycles. The van der Waals surface area contributed by atoms with E-state index in [2.05, 4.69) is 64.4 Å². The number of aliphatic hydroxyl groups is 2. The third-order valence-corrected chi connectivity index (χ3v) is 15.9. The number of ether oxygens (including phenoxy) is 3. The highest BCUT2D eigenvalue weighted by Crippen LogP contribution is 2.31. The standard InChI is InChI=1S/C14H21N3O3.C13H21N3O4S.C12H19N3O2.C11H19NO4.C7H13NO.C4H6O3/c1-3-5-11-8-12(18)17(9-11)13(14(19)20-4-2)16-7-6-15-10-16;1-3-4-11-7-13(17)16(8-11)12(9-20-21(2,18)19)15-6-5-14-10-15;1-2-3-10-6-12(17)15(7-10)11(8-16)14-5-4-13-9-14;1-3-5-8-6-9(13)12(7-8)10(14)11(15)16-4-2;1-2-3-6-4-7(9)8-5-6;1-2-7-4(6)3-5/h6-7,10-11,13H,3-5,8-9H2,1-2H3;5-6,10-12H,3-4,7-9H2,1-2H3;4-5,9-11,16H,2-3,6-8H2,1H3;8,10,14H,3-7H2,1-2H3;6H,2-5H2,1H3,(H,8,9);3H,2H2,1H3. The number of rotatable bonds is 27. The minimum absolute atomic E-state index is 0.00945. The summed E-state index contributed by atoms with van der Waals surface area (Å²) in [4.78, 5) is 119. The molecule has 3 aromatic heterocycles. The molecular weight excluding hydrogens is 1190 g/mol. The third kappa shape index (κ3) is 26.0. The molecule has 9 atom stereocenters. The Morgan fingerprint density at radius 3 is 1.33 bits per heavy atom. The van der Waals surface area contributed by atoms with E-state index >= 15 is 0 Å². The predicted octanol–water partition coefficient (Wildman–Crippen LogP) is 4.81. The van der Waals surface area contributed by atoms with Crippen molar-refractivity contribution in [2.45, 2.75) is 176 Å². The van der Waals surface area contributed by atoms with Gasteiger partial charge in [-0.2, -0.15) is 8.42 Å². The third-order valence-electron chi connectivity index (χ3n) is 15.3. The molecule has 5 aliphatic rings. The summed E-state index contributed by atoms with van der Waals surface area (Å²) in [5.74, 6) is 0.253. The van der Waals surface area contributed by atoms with E-state index in [4.69, 9.17) is 8.92 Å². The normalized spacial score (nSPS) is 20.7. The highest BCUT2D eigenvalue weighted by Gasteiger charge is 2.40. The van der Waals surface area contributed by atoms with Crippen LogP contribution in [-0.2, 0) is 71.7 Å². The Hall–Kier alpha value is -7.11. The lowest BCUT2D eigenvalue weighted by molar-refractivity contribution is -0.167. The second-order valence-corrected chi connectivity index (χ2v) is 24.2. The van der Waals surface area contributed by atoms with E-state index in [-0.39, 0.29) is 74.3 Å². The molecule has 5 aliphatic heterocycles. The monoisotopic (exact) mass is 1290 g/mol. The number of carbonyl (C=O) groups is 9. The summed E-state index contributed by atoms with van der Waals surface area (Å²) in [5, 5.41) is 21.9. The fraction of sp³-hybridized carbons (Fsp3) is 0.705. The molecule has 28 nitrogen and oxygen atoms in total. The van der Waals surface area contributed by atoms with Gasteiger partial charge in [-0.3, -0.25) is 33.0 Å². The van der Waals surface area contributed by atoms with Crippen molar-refractivity contribution in [2.75, 3.05) is 72.0 Å². The van der Waals surface area contributed by atoms with Gasteiger partial charge in [0, 0.05) is 102 Å². The number of carbonyl (C=O) groups excluding carboxylic acids is 9. The molecule has 3 N–H and O–H groups in total. The lowest BCUT2D eigenvalue weighted by Gasteiger charge is -2.28. The molecule has 8 heterocycles. The largest absolute Gasteiger partial charge is 0.463 e. The first kappa shape index (κ1) is 77.1. The smallest absolute Gasteiger partial charge is 0.371 e. The van der Waals surface area contributed by atoms with Gasteiger partial charge < -0.3 is 63.0 Å². The fourth-order valence-electron chi connectivity index (χ4n) is 11.3. The Balaban J connectivity index is 0.000000291. The lowest BCUT2D eigenvalue weighted by Crippen LogP contribution is -2.43. The molecule has 0 aliphatic carbocycles. The Morgan fingerprint density at radius 2 is 0.956 bits per heavy atom. The second-order valence-electron chi connectivity index (χ2n) is 22.6. The van der Waals surface area contributed by atoms with Crippen LogP contribution >= 0.6 is 0 Å². The first-order valence-electron chi connectivity index (χ1n) is 31.5. The Labute approximate surface area is 529 Å². The van der Waals surface area contributed by atoms with Crippen molar-refractivity contribution in [3.8, 4) is 0 Å². The average molecular weight is 1290 g/mol.